The Bertz CT molecular complexity index is 1240. The van der Waals surface area contributed by atoms with Crippen molar-refractivity contribution in [1.82, 2.24) is 23.6 Å². The predicted molar refractivity (Wildman–Crippen MR) is 113 cm³/mol. The van der Waals surface area contributed by atoms with Crippen LogP contribution in [0.1, 0.15) is 30.0 Å². The van der Waals surface area contributed by atoms with Crippen molar-refractivity contribution in [2.45, 2.75) is 31.8 Å². The van der Waals surface area contributed by atoms with Crippen LogP contribution >= 0.6 is 15.9 Å². The van der Waals surface area contributed by atoms with Crippen LogP contribution in [0.3, 0.4) is 0 Å². The summed E-state index contributed by atoms with van der Waals surface area (Å²) in [6.07, 6.45) is 2.96. The highest BCUT2D eigenvalue weighted by Crippen LogP contribution is 2.33. The number of carbonyl (C=O) groups is 1. The lowest BCUT2D eigenvalue weighted by atomic mass is 9.87. The number of halogens is 1. The summed E-state index contributed by atoms with van der Waals surface area (Å²) in [6, 6.07) is 8.24. The van der Waals surface area contributed by atoms with E-state index in [1.165, 1.54) is 22.7 Å². The average molecular weight is 460 g/mol. The van der Waals surface area contributed by atoms with Crippen molar-refractivity contribution in [3.8, 4) is 0 Å². The van der Waals surface area contributed by atoms with Crippen LogP contribution in [0.4, 0.5) is 0 Å². The number of rotatable bonds is 3. The third-order valence-corrected chi connectivity index (χ3v) is 6.39. The molecule has 2 heterocycles. The molecule has 1 aliphatic rings. The first kappa shape index (κ1) is 19.6. The second-order valence-electron chi connectivity index (χ2n) is 7.46. The molecule has 1 atom stereocenters. The molecular formula is C20H22BrN5O3. The molecule has 3 aromatic rings. The van der Waals surface area contributed by atoms with Gasteiger partial charge in [0.15, 0.2) is 15.9 Å². The highest BCUT2D eigenvalue weighted by Gasteiger charge is 2.28. The number of amides is 1. The summed E-state index contributed by atoms with van der Waals surface area (Å²) in [4.78, 5) is 43.9. The molecule has 1 unspecified atom stereocenters. The lowest BCUT2D eigenvalue weighted by Gasteiger charge is -2.33. The van der Waals surface area contributed by atoms with Gasteiger partial charge in [0.25, 0.3) is 5.56 Å². The molecule has 0 radical (unpaired) electrons. The van der Waals surface area contributed by atoms with E-state index in [1.54, 1.807) is 23.6 Å². The Morgan fingerprint density at radius 1 is 1.24 bits per heavy atom. The molecule has 0 aliphatic heterocycles. The van der Waals surface area contributed by atoms with Gasteiger partial charge in [0.05, 0.1) is 6.04 Å². The van der Waals surface area contributed by atoms with E-state index in [9.17, 15) is 14.4 Å². The van der Waals surface area contributed by atoms with Gasteiger partial charge in [-0.1, -0.05) is 24.3 Å². The first-order chi connectivity index (χ1) is 13.8. The van der Waals surface area contributed by atoms with E-state index in [1.807, 2.05) is 12.1 Å². The van der Waals surface area contributed by atoms with Crippen molar-refractivity contribution in [3.05, 3.63) is 61.0 Å². The standard InChI is InChI=1S/C20H22BrN5O3/c1-23(14-10-6-8-12-7-4-5-9-13(12)14)15(27)11-26-17-16(22-19(26)21)18(28)25(3)20(29)24(17)2/h4-5,7,9,14H,6,8,10-11H2,1-3H3. The van der Waals surface area contributed by atoms with E-state index in [0.29, 0.717) is 10.4 Å². The first-order valence-corrected chi connectivity index (χ1v) is 10.3. The zero-order valence-electron chi connectivity index (χ0n) is 16.6. The monoisotopic (exact) mass is 459 g/mol. The van der Waals surface area contributed by atoms with E-state index in [4.69, 9.17) is 0 Å². The Morgan fingerprint density at radius 2 is 1.97 bits per heavy atom. The molecule has 29 heavy (non-hydrogen) atoms. The predicted octanol–water partition coefficient (Wildman–Crippen LogP) is 1.73. The van der Waals surface area contributed by atoms with Gasteiger partial charge in [0.1, 0.15) is 6.54 Å². The first-order valence-electron chi connectivity index (χ1n) is 9.46. The molecule has 8 nitrogen and oxygen atoms in total. The van der Waals surface area contributed by atoms with Crippen LogP contribution in [-0.4, -0.2) is 36.5 Å². The minimum atomic E-state index is -0.482. The Morgan fingerprint density at radius 3 is 2.72 bits per heavy atom. The third kappa shape index (κ3) is 3.13. The molecule has 0 saturated heterocycles. The Kier molecular flexibility index (Phi) is 4.94. The van der Waals surface area contributed by atoms with Crippen LogP contribution in [-0.2, 0) is 31.9 Å². The van der Waals surface area contributed by atoms with Crippen LogP contribution in [0.5, 0.6) is 0 Å². The third-order valence-electron chi connectivity index (χ3n) is 5.79. The molecule has 1 aromatic carbocycles. The normalized spacial score (nSPS) is 16.1. The van der Waals surface area contributed by atoms with Gasteiger partial charge >= 0.3 is 5.69 Å². The Balaban J connectivity index is 1.71. The maximum Gasteiger partial charge on any atom is 0.332 e. The van der Waals surface area contributed by atoms with Crippen LogP contribution in [0, 0.1) is 0 Å². The summed E-state index contributed by atoms with van der Waals surface area (Å²) in [6.45, 7) is -0.0211. The second kappa shape index (κ2) is 7.29. The quantitative estimate of drug-likeness (QED) is 0.558. The minimum absolute atomic E-state index is 0.0118. The van der Waals surface area contributed by atoms with Gasteiger partial charge in [0.2, 0.25) is 5.91 Å². The SMILES string of the molecule is CN(C(=O)Cn1c(Br)nc2c(=O)n(C)c(=O)n(C)c21)C1CCCc2ccccc21. The largest absolute Gasteiger partial charge is 0.337 e. The summed E-state index contributed by atoms with van der Waals surface area (Å²) in [7, 11) is 4.79. The van der Waals surface area contributed by atoms with Crippen molar-refractivity contribution in [1.29, 1.82) is 0 Å². The lowest BCUT2D eigenvalue weighted by molar-refractivity contribution is -0.133. The van der Waals surface area contributed by atoms with E-state index in [2.05, 4.69) is 33.0 Å². The summed E-state index contributed by atoms with van der Waals surface area (Å²) >= 11 is 3.34. The molecule has 0 fully saturated rings. The summed E-state index contributed by atoms with van der Waals surface area (Å²) in [5.41, 5.74) is 2.01. The number of likely N-dealkylation sites (N-methyl/N-ethyl adjacent to an activating group) is 1. The minimum Gasteiger partial charge on any atom is -0.337 e. The average Bonchev–Trinajstić information content (AvgIpc) is 3.06. The van der Waals surface area contributed by atoms with Crippen molar-refractivity contribution in [2.75, 3.05) is 7.05 Å². The van der Waals surface area contributed by atoms with Gasteiger partial charge in [0, 0.05) is 21.1 Å². The number of aromatic nitrogens is 4. The fourth-order valence-corrected chi connectivity index (χ4v) is 4.62. The van der Waals surface area contributed by atoms with E-state index < -0.39 is 11.2 Å². The van der Waals surface area contributed by atoms with Crippen molar-refractivity contribution in [3.63, 3.8) is 0 Å². The summed E-state index contributed by atoms with van der Waals surface area (Å²) in [5, 5.41) is 0. The molecular weight excluding hydrogens is 438 g/mol. The lowest BCUT2D eigenvalue weighted by Crippen LogP contribution is -2.38. The number of imidazole rings is 1. The van der Waals surface area contributed by atoms with E-state index in [-0.39, 0.29) is 24.0 Å². The molecule has 2 aromatic heterocycles. The Labute approximate surface area is 175 Å². The molecule has 4 rings (SSSR count). The van der Waals surface area contributed by atoms with Crippen LogP contribution in [0.15, 0.2) is 38.6 Å². The van der Waals surface area contributed by atoms with Gasteiger partial charge in [-0.25, -0.2) is 9.78 Å². The number of hydrogen-bond donors (Lipinski definition) is 0. The Hall–Kier alpha value is -2.68. The fourth-order valence-electron chi connectivity index (χ4n) is 4.15. The molecule has 0 N–H and O–H groups in total. The van der Waals surface area contributed by atoms with Crippen molar-refractivity contribution >= 4 is 33.0 Å². The van der Waals surface area contributed by atoms with Crippen LogP contribution < -0.4 is 11.2 Å². The highest BCUT2D eigenvalue weighted by atomic mass is 79.9. The smallest absolute Gasteiger partial charge is 0.332 e. The van der Waals surface area contributed by atoms with Crippen molar-refractivity contribution in [2.24, 2.45) is 14.1 Å². The number of benzene rings is 1. The van der Waals surface area contributed by atoms with E-state index >= 15 is 0 Å². The van der Waals surface area contributed by atoms with E-state index in [0.717, 1.165) is 23.8 Å². The summed E-state index contributed by atoms with van der Waals surface area (Å²) in [5.74, 6) is -0.111. The van der Waals surface area contributed by atoms with Gasteiger partial charge in [-0.15, -0.1) is 0 Å². The van der Waals surface area contributed by atoms with Crippen LogP contribution in [0.25, 0.3) is 11.2 Å². The summed E-state index contributed by atoms with van der Waals surface area (Å²) < 4.78 is 4.28. The highest BCUT2D eigenvalue weighted by molar-refractivity contribution is 9.10. The molecule has 1 amide bonds. The van der Waals surface area contributed by atoms with Gasteiger partial charge in [-0.2, -0.15) is 0 Å². The molecule has 1 aliphatic carbocycles. The zero-order valence-corrected chi connectivity index (χ0v) is 18.1. The number of fused-ring (bicyclic) bond motifs is 2. The van der Waals surface area contributed by atoms with Crippen molar-refractivity contribution < 1.29 is 4.79 Å². The van der Waals surface area contributed by atoms with Gasteiger partial charge in [-0.3, -0.25) is 23.3 Å². The number of aryl methyl sites for hydroxylation is 2. The number of carbonyl (C=O) groups excluding carboxylic acids is 1. The number of nitrogens with zero attached hydrogens (tertiary/aromatic N) is 5. The molecule has 0 spiro atoms. The van der Waals surface area contributed by atoms with Gasteiger partial charge < -0.3 is 4.90 Å². The fraction of sp³-hybridized carbons (Fsp3) is 0.400. The van der Waals surface area contributed by atoms with Gasteiger partial charge in [-0.05, 0) is 46.3 Å². The van der Waals surface area contributed by atoms with Crippen LogP contribution in [0.2, 0.25) is 0 Å². The topological polar surface area (TPSA) is 82.1 Å². The number of hydrogen-bond acceptors (Lipinski definition) is 4. The second-order valence-corrected chi connectivity index (χ2v) is 8.17. The molecule has 9 heteroatoms. The maximum absolute atomic E-state index is 13.1. The molecule has 152 valence electrons. The maximum atomic E-state index is 13.1. The molecule has 0 bridgehead atoms. The molecule has 0 saturated carbocycles. The zero-order chi connectivity index (χ0) is 20.9.